The average Bonchev–Trinajstić information content (AvgIpc) is 1.89. The molecule has 0 bridgehead atoms. The van der Waals surface area contributed by atoms with Gasteiger partial charge in [-0.1, -0.05) is 13.8 Å². The summed E-state index contributed by atoms with van der Waals surface area (Å²) in [6.45, 7) is 5.03. The third-order valence-corrected chi connectivity index (χ3v) is 1.04. The van der Waals surface area contributed by atoms with Crippen molar-refractivity contribution in [1.29, 1.82) is 0 Å². The quantitative estimate of drug-likeness (QED) is 0.558. The second-order valence-electron chi connectivity index (χ2n) is 2.68. The fourth-order valence-electron chi connectivity index (χ4n) is 0.500. The van der Waals surface area contributed by atoms with E-state index in [0.717, 1.165) is 0 Å². The second kappa shape index (κ2) is 9.43. The zero-order valence-corrected chi connectivity index (χ0v) is 7.94. The van der Waals surface area contributed by atoms with Crippen LogP contribution in [-0.2, 0) is 4.79 Å². The molecule has 0 aliphatic rings. The van der Waals surface area contributed by atoms with Gasteiger partial charge >= 0.3 is 0 Å². The molecule has 68 valence electrons. The Morgan fingerprint density at radius 2 is 1.73 bits per heavy atom. The first-order chi connectivity index (χ1) is 5.04. The van der Waals surface area contributed by atoms with E-state index in [1.54, 1.807) is 0 Å². The monoisotopic (exact) mass is 161 g/mol. The summed E-state index contributed by atoms with van der Waals surface area (Å²) < 4.78 is 0. The third kappa shape index (κ3) is 26.5. The molecule has 1 N–H and O–H groups in total. The van der Waals surface area contributed by atoms with E-state index in [9.17, 15) is 9.90 Å². The van der Waals surface area contributed by atoms with Gasteiger partial charge in [-0.2, -0.15) is 0 Å². The maximum Gasteiger partial charge on any atom is 0.0764 e. The van der Waals surface area contributed by atoms with Crippen molar-refractivity contribution in [2.45, 2.75) is 26.7 Å². The van der Waals surface area contributed by atoms with Crippen molar-refractivity contribution < 1.29 is 14.8 Å². The molecule has 0 atom stereocenters. The Kier molecular flexibility index (Phi) is 11.2. The maximum absolute atomic E-state index is 9.26. The van der Waals surface area contributed by atoms with Crippen LogP contribution in [0.4, 0.5) is 0 Å². The van der Waals surface area contributed by atoms with Crippen LogP contribution in [0.15, 0.2) is 0 Å². The highest BCUT2D eigenvalue weighted by atomic mass is 16.4. The summed E-state index contributed by atoms with van der Waals surface area (Å²) in [5.74, 6) is -0.995. The van der Waals surface area contributed by atoms with Crippen molar-refractivity contribution in [1.82, 2.24) is 0 Å². The van der Waals surface area contributed by atoms with Crippen LogP contribution in [0.5, 0.6) is 0 Å². The second-order valence-corrected chi connectivity index (χ2v) is 2.68. The normalized spacial score (nSPS) is 8.82. The fraction of sp³-hybridized carbons (Fsp3) is 0.875. The molecule has 0 radical (unpaired) electrons. The maximum atomic E-state index is 9.26. The molecule has 0 rings (SSSR count). The number of hydrogen-bond donors (Lipinski definition) is 1. The van der Waals surface area contributed by atoms with Gasteiger partial charge in [-0.3, -0.25) is 0 Å². The molecule has 0 saturated heterocycles. The molecule has 3 heteroatoms. The molecule has 0 aromatic heterocycles. The zero-order chi connectivity index (χ0) is 9.28. The summed E-state index contributed by atoms with van der Waals surface area (Å²) >= 11 is 0. The summed E-state index contributed by atoms with van der Waals surface area (Å²) in [6.07, 6.45) is 1.41. The molecule has 0 heterocycles. The van der Waals surface area contributed by atoms with E-state index in [0.29, 0.717) is 0 Å². The van der Waals surface area contributed by atoms with Gasteiger partial charge in [0.25, 0.3) is 0 Å². The minimum Gasteiger partial charge on any atom is -0.550 e. The van der Waals surface area contributed by atoms with Gasteiger partial charge in [0.2, 0.25) is 0 Å². The lowest BCUT2D eigenvalue weighted by atomic mass is 10.5. The van der Waals surface area contributed by atoms with Gasteiger partial charge in [-0.05, 0) is 12.8 Å². The lowest BCUT2D eigenvalue weighted by Crippen LogP contribution is -3.05. The molecule has 0 fully saturated rings. The minimum absolute atomic E-state index is 0.111. The van der Waals surface area contributed by atoms with Gasteiger partial charge in [-0.15, -0.1) is 0 Å². The molecule has 0 unspecified atom stereocenters. The number of hydrogen-bond acceptors (Lipinski definition) is 2. The molecule has 0 aliphatic carbocycles. The Morgan fingerprint density at radius 3 is 1.73 bits per heavy atom. The number of aliphatic carboxylic acids is 1. The number of carbonyl (C=O) groups excluding carboxylic acids is 1. The van der Waals surface area contributed by atoms with Gasteiger partial charge in [-0.25, -0.2) is 0 Å². The summed E-state index contributed by atoms with van der Waals surface area (Å²) in [4.78, 5) is 10.8. The third-order valence-electron chi connectivity index (χ3n) is 1.04. The van der Waals surface area contributed by atoms with Crippen LogP contribution in [0.2, 0.25) is 0 Å². The molecular formula is C8H19NO2. The summed E-state index contributed by atoms with van der Waals surface area (Å²) in [7, 11) is 4.34. The average molecular weight is 161 g/mol. The van der Waals surface area contributed by atoms with E-state index in [1.165, 1.54) is 24.8 Å². The summed E-state index contributed by atoms with van der Waals surface area (Å²) in [5, 5.41) is 9.26. The van der Waals surface area contributed by atoms with Crippen molar-refractivity contribution >= 4 is 5.97 Å². The van der Waals surface area contributed by atoms with Crippen molar-refractivity contribution in [3.8, 4) is 0 Å². The Labute approximate surface area is 69.0 Å². The predicted molar refractivity (Wildman–Crippen MR) is 43.3 cm³/mol. The van der Waals surface area contributed by atoms with E-state index in [1.807, 2.05) is 0 Å². The SMILES string of the molecule is CCC(=O)[O-].CCC[NH+](C)C. The highest BCUT2D eigenvalue weighted by Crippen LogP contribution is 1.62. The number of rotatable bonds is 3. The van der Waals surface area contributed by atoms with Crippen LogP contribution in [0.25, 0.3) is 0 Å². The fourth-order valence-corrected chi connectivity index (χ4v) is 0.500. The van der Waals surface area contributed by atoms with Gasteiger partial charge in [0.15, 0.2) is 0 Å². The van der Waals surface area contributed by atoms with Crippen LogP contribution in [0.1, 0.15) is 26.7 Å². The van der Waals surface area contributed by atoms with Gasteiger partial charge in [0, 0.05) is 5.97 Å². The summed E-state index contributed by atoms with van der Waals surface area (Å²) in [6, 6.07) is 0. The predicted octanol–water partition coefficient (Wildman–Crippen LogP) is -1.31. The highest BCUT2D eigenvalue weighted by molar-refractivity contribution is 5.63. The Bertz CT molecular complexity index is 92.1. The lowest BCUT2D eigenvalue weighted by Gasteiger charge is -2.01. The van der Waals surface area contributed by atoms with Crippen LogP contribution < -0.4 is 10.0 Å². The molecule has 3 nitrogen and oxygen atoms in total. The van der Waals surface area contributed by atoms with E-state index in [4.69, 9.17) is 0 Å². The number of quaternary nitrogens is 1. The van der Waals surface area contributed by atoms with E-state index < -0.39 is 5.97 Å². The molecule has 0 amide bonds. The molecule has 0 aromatic rings. The zero-order valence-electron chi connectivity index (χ0n) is 7.94. The van der Waals surface area contributed by atoms with Crippen LogP contribution in [0.3, 0.4) is 0 Å². The largest absolute Gasteiger partial charge is 0.550 e. The van der Waals surface area contributed by atoms with Gasteiger partial charge in [0.1, 0.15) is 0 Å². The van der Waals surface area contributed by atoms with Crippen LogP contribution >= 0.6 is 0 Å². The molecular weight excluding hydrogens is 142 g/mol. The van der Waals surface area contributed by atoms with E-state index in [2.05, 4.69) is 21.0 Å². The lowest BCUT2D eigenvalue weighted by molar-refractivity contribution is -0.858. The summed E-state index contributed by atoms with van der Waals surface area (Å²) in [5.41, 5.74) is 0. The van der Waals surface area contributed by atoms with Crippen molar-refractivity contribution in [2.24, 2.45) is 0 Å². The van der Waals surface area contributed by atoms with Gasteiger partial charge < -0.3 is 14.8 Å². The Hall–Kier alpha value is -0.570. The molecule has 0 saturated carbocycles. The molecule has 0 aromatic carbocycles. The Morgan fingerprint density at radius 1 is 1.36 bits per heavy atom. The van der Waals surface area contributed by atoms with Crippen LogP contribution in [0, 0.1) is 0 Å². The number of carboxylic acid groups (broad SMARTS) is 1. The van der Waals surface area contributed by atoms with Crippen molar-refractivity contribution in [3.05, 3.63) is 0 Å². The smallest absolute Gasteiger partial charge is 0.0764 e. The molecule has 0 spiro atoms. The minimum atomic E-state index is -0.995. The number of nitrogens with one attached hydrogen (secondary N) is 1. The Balaban J connectivity index is 0. The molecule has 11 heavy (non-hydrogen) atoms. The van der Waals surface area contributed by atoms with Crippen molar-refractivity contribution in [2.75, 3.05) is 20.6 Å². The molecule has 0 aliphatic heterocycles. The van der Waals surface area contributed by atoms with E-state index >= 15 is 0 Å². The number of carboxylic acids is 1. The van der Waals surface area contributed by atoms with Crippen molar-refractivity contribution in [3.63, 3.8) is 0 Å². The van der Waals surface area contributed by atoms with E-state index in [-0.39, 0.29) is 6.42 Å². The number of carbonyl (C=O) groups is 1. The first kappa shape index (κ1) is 13.1. The first-order valence-electron chi connectivity index (χ1n) is 4.03. The van der Waals surface area contributed by atoms with Crippen LogP contribution in [-0.4, -0.2) is 26.6 Å². The van der Waals surface area contributed by atoms with Gasteiger partial charge in [0.05, 0.1) is 20.6 Å². The standard InChI is InChI=1S/C5H13N.C3H6O2/c1-4-5-6(2)3;1-2-3(4)5/h4-5H2,1-3H3;2H2,1H3,(H,4,5). The topological polar surface area (TPSA) is 44.6 Å². The highest BCUT2D eigenvalue weighted by Gasteiger charge is 1.83. The first-order valence-corrected chi connectivity index (χ1v) is 4.03.